The van der Waals surface area contributed by atoms with Gasteiger partial charge in [0.05, 0.1) is 15.6 Å². The molecule has 0 aliphatic carbocycles. The Bertz CT molecular complexity index is 782. The van der Waals surface area contributed by atoms with Gasteiger partial charge in [-0.2, -0.15) is 0 Å². The largest absolute Gasteiger partial charge is 0.466 e. The maximum Gasteiger partial charge on any atom is 0.273 e. The SMILES string of the molecule is Cc1cc(C(=O)NNC(=O)/C=C/c2ccc(Cl)c(Cl)c2)c(C)o1. The van der Waals surface area contributed by atoms with Crippen molar-refractivity contribution in [1.82, 2.24) is 10.9 Å². The van der Waals surface area contributed by atoms with Crippen molar-refractivity contribution in [1.29, 1.82) is 0 Å². The highest BCUT2D eigenvalue weighted by Gasteiger charge is 2.13. The smallest absolute Gasteiger partial charge is 0.273 e. The molecule has 2 rings (SSSR count). The van der Waals surface area contributed by atoms with Crippen molar-refractivity contribution in [3.63, 3.8) is 0 Å². The first-order chi connectivity index (χ1) is 10.9. The molecule has 1 aromatic heterocycles. The summed E-state index contributed by atoms with van der Waals surface area (Å²) >= 11 is 11.7. The molecule has 0 bridgehead atoms. The Morgan fingerprint density at radius 3 is 2.43 bits per heavy atom. The minimum absolute atomic E-state index is 0.372. The van der Waals surface area contributed by atoms with E-state index in [-0.39, 0.29) is 0 Å². The highest BCUT2D eigenvalue weighted by atomic mass is 35.5. The number of hydrogen-bond donors (Lipinski definition) is 2. The van der Waals surface area contributed by atoms with Gasteiger partial charge < -0.3 is 4.42 Å². The maximum absolute atomic E-state index is 11.9. The fourth-order valence-electron chi connectivity index (χ4n) is 1.87. The van der Waals surface area contributed by atoms with Crippen molar-refractivity contribution in [2.45, 2.75) is 13.8 Å². The number of halogens is 2. The van der Waals surface area contributed by atoms with Crippen LogP contribution < -0.4 is 10.9 Å². The van der Waals surface area contributed by atoms with Crippen LogP contribution in [0.5, 0.6) is 0 Å². The Morgan fingerprint density at radius 1 is 1.09 bits per heavy atom. The molecule has 0 spiro atoms. The monoisotopic (exact) mass is 352 g/mol. The summed E-state index contributed by atoms with van der Waals surface area (Å²) in [6.45, 7) is 3.41. The van der Waals surface area contributed by atoms with Crippen LogP contribution in [-0.4, -0.2) is 11.8 Å². The lowest BCUT2D eigenvalue weighted by atomic mass is 10.2. The maximum atomic E-state index is 11.9. The summed E-state index contributed by atoms with van der Waals surface area (Å²) < 4.78 is 5.26. The number of amides is 2. The standard InChI is InChI=1S/C16H14Cl2N2O3/c1-9-7-12(10(2)23-9)16(22)20-19-15(21)6-4-11-3-5-13(17)14(18)8-11/h3-8H,1-2H3,(H,19,21)(H,20,22)/b6-4+. The van der Waals surface area contributed by atoms with Crippen molar-refractivity contribution >= 4 is 41.1 Å². The Balaban J connectivity index is 1.92. The predicted molar refractivity (Wildman–Crippen MR) is 89.3 cm³/mol. The first kappa shape index (κ1) is 17.1. The van der Waals surface area contributed by atoms with E-state index >= 15 is 0 Å². The molecule has 1 heterocycles. The molecule has 2 aromatic rings. The Hall–Kier alpha value is -2.24. The van der Waals surface area contributed by atoms with E-state index in [1.54, 1.807) is 44.2 Å². The molecule has 2 N–H and O–H groups in total. The lowest BCUT2D eigenvalue weighted by Gasteiger charge is -2.04. The number of nitrogens with one attached hydrogen (secondary N) is 2. The molecule has 5 nitrogen and oxygen atoms in total. The molecular weight excluding hydrogens is 339 g/mol. The third-order valence-electron chi connectivity index (χ3n) is 2.96. The van der Waals surface area contributed by atoms with Gasteiger partial charge in [0.2, 0.25) is 0 Å². The van der Waals surface area contributed by atoms with Gasteiger partial charge in [-0.15, -0.1) is 0 Å². The zero-order valence-electron chi connectivity index (χ0n) is 12.4. The quantitative estimate of drug-likeness (QED) is 0.653. The molecule has 0 atom stereocenters. The predicted octanol–water partition coefficient (Wildman–Crippen LogP) is 3.68. The van der Waals surface area contributed by atoms with Crippen LogP contribution in [0.2, 0.25) is 10.0 Å². The molecule has 7 heteroatoms. The van der Waals surface area contributed by atoms with Crippen molar-refractivity contribution in [2.75, 3.05) is 0 Å². The number of hydrogen-bond acceptors (Lipinski definition) is 3. The summed E-state index contributed by atoms with van der Waals surface area (Å²) in [5, 5.41) is 0.833. The van der Waals surface area contributed by atoms with Gasteiger partial charge in [-0.25, -0.2) is 0 Å². The average molecular weight is 353 g/mol. The lowest BCUT2D eigenvalue weighted by molar-refractivity contribution is -0.117. The first-order valence-electron chi connectivity index (χ1n) is 6.67. The molecule has 23 heavy (non-hydrogen) atoms. The third kappa shape index (κ3) is 4.61. The van der Waals surface area contributed by atoms with E-state index in [4.69, 9.17) is 27.6 Å². The molecule has 0 radical (unpaired) electrons. The number of aryl methyl sites for hydroxylation is 2. The molecule has 0 aliphatic heterocycles. The summed E-state index contributed by atoms with van der Waals surface area (Å²) in [4.78, 5) is 23.6. The summed E-state index contributed by atoms with van der Waals surface area (Å²) in [6, 6.07) is 6.58. The summed E-state index contributed by atoms with van der Waals surface area (Å²) in [5.41, 5.74) is 5.68. The van der Waals surface area contributed by atoms with Crippen LogP contribution in [0.3, 0.4) is 0 Å². The highest BCUT2D eigenvalue weighted by Crippen LogP contribution is 2.23. The van der Waals surface area contributed by atoms with E-state index in [0.717, 1.165) is 0 Å². The van der Waals surface area contributed by atoms with Gasteiger partial charge >= 0.3 is 0 Å². The van der Waals surface area contributed by atoms with E-state index in [2.05, 4.69) is 10.9 Å². The van der Waals surface area contributed by atoms with Crippen molar-refractivity contribution in [2.24, 2.45) is 0 Å². The van der Waals surface area contributed by atoms with Crippen LogP contribution in [0.4, 0.5) is 0 Å². The second kappa shape index (κ2) is 7.35. The molecule has 0 unspecified atom stereocenters. The van der Waals surface area contributed by atoms with E-state index in [0.29, 0.717) is 32.7 Å². The number of carbonyl (C=O) groups excluding carboxylic acids is 2. The Kier molecular flexibility index (Phi) is 5.47. The second-order valence-corrected chi connectivity index (χ2v) is 5.59. The second-order valence-electron chi connectivity index (χ2n) is 4.78. The van der Waals surface area contributed by atoms with Gasteiger partial charge in [-0.3, -0.25) is 20.4 Å². The van der Waals surface area contributed by atoms with Crippen molar-refractivity contribution < 1.29 is 14.0 Å². The van der Waals surface area contributed by atoms with Gasteiger partial charge in [-0.1, -0.05) is 29.3 Å². The minimum Gasteiger partial charge on any atom is -0.466 e. The third-order valence-corrected chi connectivity index (χ3v) is 3.69. The van der Waals surface area contributed by atoms with Crippen LogP contribution >= 0.6 is 23.2 Å². The molecule has 2 amide bonds. The van der Waals surface area contributed by atoms with Gasteiger partial charge in [0.15, 0.2) is 0 Å². The van der Waals surface area contributed by atoms with E-state index < -0.39 is 11.8 Å². The molecule has 0 saturated heterocycles. The number of rotatable bonds is 3. The minimum atomic E-state index is -0.484. The van der Waals surface area contributed by atoms with E-state index in [1.165, 1.54) is 6.08 Å². The van der Waals surface area contributed by atoms with E-state index in [9.17, 15) is 9.59 Å². The first-order valence-corrected chi connectivity index (χ1v) is 7.43. The van der Waals surface area contributed by atoms with Crippen LogP contribution in [0.15, 0.2) is 34.8 Å². The number of hydrazine groups is 1. The zero-order chi connectivity index (χ0) is 17.0. The topological polar surface area (TPSA) is 71.3 Å². The molecule has 120 valence electrons. The van der Waals surface area contributed by atoms with Gasteiger partial charge in [0.1, 0.15) is 11.5 Å². The van der Waals surface area contributed by atoms with Crippen LogP contribution in [0, 0.1) is 13.8 Å². The Labute approximate surface area is 143 Å². The van der Waals surface area contributed by atoms with Crippen molar-refractivity contribution in [3.8, 4) is 0 Å². The van der Waals surface area contributed by atoms with Gasteiger partial charge in [0.25, 0.3) is 11.8 Å². The molecule has 0 aliphatic rings. The summed E-state index contributed by atoms with van der Waals surface area (Å²) in [6.07, 6.45) is 2.82. The number of carbonyl (C=O) groups is 2. The van der Waals surface area contributed by atoms with Crippen molar-refractivity contribution in [3.05, 3.63) is 63.0 Å². The lowest BCUT2D eigenvalue weighted by Crippen LogP contribution is -2.40. The Morgan fingerprint density at radius 2 is 1.83 bits per heavy atom. The fourth-order valence-corrected chi connectivity index (χ4v) is 2.18. The molecular formula is C16H14Cl2N2O3. The number of furan rings is 1. The van der Waals surface area contributed by atoms with Gasteiger partial charge in [0, 0.05) is 6.08 Å². The fraction of sp³-hybridized carbons (Fsp3) is 0.125. The molecule has 0 fully saturated rings. The van der Waals surface area contributed by atoms with Crippen LogP contribution in [-0.2, 0) is 4.79 Å². The number of benzene rings is 1. The normalized spacial score (nSPS) is 10.8. The van der Waals surface area contributed by atoms with Crippen LogP contribution in [0.25, 0.3) is 6.08 Å². The zero-order valence-corrected chi connectivity index (χ0v) is 14.0. The van der Waals surface area contributed by atoms with Crippen LogP contribution in [0.1, 0.15) is 27.4 Å². The summed E-state index contributed by atoms with van der Waals surface area (Å²) in [5.74, 6) is 0.178. The molecule has 1 aromatic carbocycles. The van der Waals surface area contributed by atoms with Gasteiger partial charge in [-0.05, 0) is 43.7 Å². The summed E-state index contributed by atoms with van der Waals surface area (Å²) in [7, 11) is 0. The van der Waals surface area contributed by atoms with E-state index in [1.807, 2.05) is 0 Å². The highest BCUT2D eigenvalue weighted by molar-refractivity contribution is 6.42. The average Bonchev–Trinajstić information content (AvgIpc) is 2.84. The molecule has 0 saturated carbocycles.